The minimum atomic E-state index is -1.21. The highest BCUT2D eigenvalue weighted by atomic mass is 32.1. The van der Waals surface area contributed by atoms with Crippen LogP contribution in [-0.4, -0.2) is 36.1 Å². The van der Waals surface area contributed by atoms with Crippen molar-refractivity contribution in [1.82, 2.24) is 11.5 Å². The largest absolute Gasteiger partial charge is 0.550 e. The van der Waals surface area contributed by atoms with Crippen LogP contribution in [0.4, 0.5) is 0 Å². The van der Waals surface area contributed by atoms with Gasteiger partial charge in [0.15, 0.2) is 0 Å². The Morgan fingerprint density at radius 3 is 2.86 bits per heavy atom. The van der Waals surface area contributed by atoms with E-state index >= 15 is 0 Å². The standard InChI is InChI=1S/C12H16BNO5S.H3N/c15-11(7-9-2-1-5-20-9)14-10-4-3-8(6-12(16)17)19-13(10)18;/h1-2,5,8,10,18H,3-4,6-7H2,(H,14,15)(H,16,17);1H3/t8-,10-;/m0./s1. The molecule has 2 heterocycles. The maximum Gasteiger partial charge on any atom is 0.478 e. The van der Waals surface area contributed by atoms with Crippen molar-refractivity contribution in [3.05, 3.63) is 22.4 Å². The molecule has 0 saturated carbocycles. The molecule has 21 heavy (non-hydrogen) atoms. The van der Waals surface area contributed by atoms with Crippen LogP contribution in [-0.2, 0) is 20.7 Å². The third-order valence-corrected chi connectivity index (χ3v) is 4.01. The maximum absolute atomic E-state index is 11.8. The monoisotopic (exact) mass is 314 g/mol. The number of carbonyl (C=O) groups is 2. The molecule has 9 heteroatoms. The van der Waals surface area contributed by atoms with Gasteiger partial charge in [-0.1, -0.05) is 6.07 Å². The minimum Gasteiger partial charge on any atom is -0.550 e. The Morgan fingerprint density at radius 2 is 2.29 bits per heavy atom. The molecule has 1 fully saturated rings. The number of carboxylic acids is 1. The van der Waals surface area contributed by atoms with Crippen molar-refractivity contribution in [1.29, 1.82) is 0 Å². The van der Waals surface area contributed by atoms with Gasteiger partial charge in [0, 0.05) is 23.4 Å². The Bertz CT molecular complexity index is 470. The van der Waals surface area contributed by atoms with Crippen LogP contribution in [0.3, 0.4) is 0 Å². The topological polar surface area (TPSA) is 135 Å². The number of amides is 1. The molecule has 0 radical (unpaired) electrons. The van der Waals surface area contributed by atoms with Gasteiger partial charge in [-0.25, -0.2) is 0 Å². The maximum atomic E-state index is 11.8. The van der Waals surface area contributed by atoms with E-state index in [1.165, 1.54) is 11.3 Å². The molecule has 0 spiro atoms. The predicted molar refractivity (Wildman–Crippen MR) is 77.6 cm³/mol. The van der Waals surface area contributed by atoms with Crippen LogP contribution in [0.2, 0.25) is 0 Å². The third kappa shape index (κ3) is 5.46. The van der Waals surface area contributed by atoms with E-state index in [1.54, 1.807) is 0 Å². The van der Waals surface area contributed by atoms with E-state index in [0.717, 1.165) is 4.88 Å². The Kier molecular flexibility index (Phi) is 6.83. The number of rotatable bonds is 5. The fraction of sp³-hybridized carbons (Fsp3) is 0.500. The van der Waals surface area contributed by atoms with Gasteiger partial charge >= 0.3 is 7.12 Å². The van der Waals surface area contributed by atoms with Crippen LogP contribution in [0.15, 0.2) is 17.5 Å². The first-order valence-corrected chi connectivity index (χ1v) is 7.27. The number of hydrogen-bond acceptors (Lipinski definition) is 6. The lowest BCUT2D eigenvalue weighted by Crippen LogP contribution is -2.53. The molecule has 1 aromatic heterocycles. The summed E-state index contributed by atoms with van der Waals surface area (Å²) in [7, 11) is -1.18. The number of aliphatic carboxylic acids is 1. The molecule has 0 bridgehead atoms. The first kappa shape index (κ1) is 17.6. The summed E-state index contributed by atoms with van der Waals surface area (Å²) < 4.78 is 5.17. The Morgan fingerprint density at radius 1 is 1.52 bits per heavy atom. The fourth-order valence-electron chi connectivity index (χ4n) is 2.18. The average molecular weight is 314 g/mol. The van der Waals surface area contributed by atoms with E-state index in [0.29, 0.717) is 12.8 Å². The highest BCUT2D eigenvalue weighted by Crippen LogP contribution is 2.18. The summed E-state index contributed by atoms with van der Waals surface area (Å²) in [4.78, 5) is 23.2. The van der Waals surface area contributed by atoms with Gasteiger partial charge in [-0.2, -0.15) is 0 Å². The summed E-state index contributed by atoms with van der Waals surface area (Å²) in [6, 6.07) is 3.74. The second-order valence-corrected chi connectivity index (χ2v) is 5.76. The summed E-state index contributed by atoms with van der Waals surface area (Å²) in [5.41, 5.74) is 0. The summed E-state index contributed by atoms with van der Waals surface area (Å²) in [5.74, 6) is -1.89. The molecule has 1 aromatic rings. The van der Waals surface area contributed by atoms with Gasteiger partial charge in [0.2, 0.25) is 5.91 Å². The number of hydrogen-bond donors (Lipinski definition) is 3. The van der Waals surface area contributed by atoms with Gasteiger partial charge in [-0.15, -0.1) is 11.3 Å². The molecular formula is C12H19BN2O5S. The minimum absolute atomic E-state index is 0. The van der Waals surface area contributed by atoms with E-state index in [-0.39, 0.29) is 24.9 Å². The lowest BCUT2D eigenvalue weighted by molar-refractivity contribution is -0.307. The zero-order chi connectivity index (χ0) is 14.5. The molecule has 1 aliphatic heterocycles. The van der Waals surface area contributed by atoms with Gasteiger partial charge in [0.05, 0.1) is 12.4 Å². The number of thiophene rings is 1. The molecule has 6 N–H and O–H groups in total. The molecule has 2 rings (SSSR count). The number of nitrogens with one attached hydrogen (secondary N) is 1. The highest BCUT2D eigenvalue weighted by Gasteiger charge is 2.35. The van der Waals surface area contributed by atoms with Crippen molar-refractivity contribution in [3.63, 3.8) is 0 Å². The van der Waals surface area contributed by atoms with Crippen LogP contribution in [0.1, 0.15) is 24.1 Å². The zero-order valence-electron chi connectivity index (χ0n) is 11.8. The summed E-state index contributed by atoms with van der Waals surface area (Å²) in [5, 5.41) is 24.9. The normalized spacial score (nSPS) is 21.5. The molecular weight excluding hydrogens is 295 g/mol. The van der Waals surface area contributed by atoms with Crippen molar-refractivity contribution in [3.8, 4) is 0 Å². The first-order chi connectivity index (χ1) is 9.54. The second-order valence-electron chi connectivity index (χ2n) is 4.73. The Balaban J connectivity index is 0.00000220. The quantitative estimate of drug-likeness (QED) is 0.629. The lowest BCUT2D eigenvalue weighted by atomic mass is 9.72. The second kappa shape index (κ2) is 8.13. The van der Waals surface area contributed by atoms with Gasteiger partial charge in [0.25, 0.3) is 0 Å². The number of carbonyl (C=O) groups excluding carboxylic acids is 2. The molecule has 1 saturated heterocycles. The van der Waals surface area contributed by atoms with Gasteiger partial charge in [-0.05, 0) is 24.3 Å². The van der Waals surface area contributed by atoms with E-state index in [4.69, 9.17) is 4.65 Å². The van der Waals surface area contributed by atoms with Gasteiger partial charge in [0.1, 0.15) is 0 Å². The van der Waals surface area contributed by atoms with Crippen LogP contribution in [0.25, 0.3) is 0 Å². The molecule has 116 valence electrons. The SMILES string of the molecule is O=C([O-])C[C@@H]1CC[C@H](NC(=O)Cc2cccs2)B(O)O1.[NH4+]. The molecule has 0 aromatic carbocycles. The summed E-state index contributed by atoms with van der Waals surface area (Å²) >= 11 is 1.49. The van der Waals surface area contributed by atoms with Crippen molar-refractivity contribution in [2.24, 2.45) is 0 Å². The van der Waals surface area contributed by atoms with E-state index < -0.39 is 25.1 Å². The van der Waals surface area contributed by atoms with Gasteiger partial charge < -0.3 is 31.0 Å². The fourth-order valence-corrected chi connectivity index (χ4v) is 2.88. The molecule has 1 amide bonds. The predicted octanol–water partition coefficient (Wildman–Crippen LogP) is -0.510. The summed E-state index contributed by atoms with van der Waals surface area (Å²) in [6.45, 7) is 0. The average Bonchev–Trinajstić information content (AvgIpc) is 2.84. The first-order valence-electron chi connectivity index (χ1n) is 6.39. The van der Waals surface area contributed by atoms with Crippen molar-refractivity contribution in [2.75, 3.05) is 0 Å². The Hall–Kier alpha value is -1.42. The lowest BCUT2D eigenvalue weighted by Gasteiger charge is -2.31. The van der Waals surface area contributed by atoms with E-state index in [1.807, 2.05) is 17.5 Å². The summed E-state index contributed by atoms with van der Waals surface area (Å²) in [6.07, 6.45) is 0.418. The molecule has 0 aliphatic carbocycles. The highest BCUT2D eigenvalue weighted by molar-refractivity contribution is 7.10. The van der Waals surface area contributed by atoms with Crippen LogP contribution in [0, 0.1) is 0 Å². The molecule has 2 atom stereocenters. The van der Waals surface area contributed by atoms with Crippen LogP contribution < -0.4 is 16.6 Å². The molecule has 7 nitrogen and oxygen atoms in total. The van der Waals surface area contributed by atoms with E-state index in [9.17, 15) is 19.7 Å². The van der Waals surface area contributed by atoms with Crippen molar-refractivity contribution >= 4 is 30.3 Å². The van der Waals surface area contributed by atoms with Crippen molar-refractivity contribution in [2.45, 2.75) is 37.7 Å². The van der Waals surface area contributed by atoms with E-state index in [2.05, 4.69) is 5.32 Å². The van der Waals surface area contributed by atoms with Crippen LogP contribution in [0.5, 0.6) is 0 Å². The third-order valence-electron chi connectivity index (χ3n) is 3.13. The molecule has 0 unspecified atom stereocenters. The van der Waals surface area contributed by atoms with Crippen LogP contribution >= 0.6 is 11.3 Å². The van der Waals surface area contributed by atoms with Crippen molar-refractivity contribution < 1.29 is 24.4 Å². The van der Waals surface area contributed by atoms with Gasteiger partial charge in [-0.3, -0.25) is 4.79 Å². The molecule has 1 aliphatic rings. The zero-order valence-corrected chi connectivity index (χ0v) is 12.6. The smallest absolute Gasteiger partial charge is 0.478 e. The Labute approximate surface area is 127 Å². The number of quaternary nitrogens is 1. The number of carboxylic acid groups (broad SMARTS) is 1.